The van der Waals surface area contributed by atoms with Gasteiger partial charge in [0.2, 0.25) is 0 Å². The van der Waals surface area contributed by atoms with Gasteiger partial charge >= 0.3 is 0 Å². The molecule has 4 aromatic rings. The highest BCUT2D eigenvalue weighted by Crippen LogP contribution is 2.35. The maximum atomic E-state index is 12.7. The molecule has 0 aliphatic carbocycles. The van der Waals surface area contributed by atoms with Crippen LogP contribution in [0.2, 0.25) is 0 Å². The molecule has 0 bridgehead atoms. The fourth-order valence-corrected chi connectivity index (χ4v) is 4.72. The van der Waals surface area contributed by atoms with E-state index in [1.807, 2.05) is 49.6 Å². The molecule has 0 saturated heterocycles. The number of aryl methyl sites for hydroxylation is 2. The van der Waals surface area contributed by atoms with Crippen molar-refractivity contribution in [1.82, 2.24) is 9.97 Å². The van der Waals surface area contributed by atoms with Crippen molar-refractivity contribution in [3.63, 3.8) is 0 Å². The molecule has 3 heterocycles. The van der Waals surface area contributed by atoms with Crippen LogP contribution in [0.4, 0.5) is 0 Å². The summed E-state index contributed by atoms with van der Waals surface area (Å²) in [5.74, 6) is 0.382. The van der Waals surface area contributed by atoms with Crippen molar-refractivity contribution in [2.24, 2.45) is 0 Å². The molecule has 4 rings (SSSR count). The van der Waals surface area contributed by atoms with Gasteiger partial charge in [-0.05, 0) is 30.9 Å². The van der Waals surface area contributed by atoms with Crippen LogP contribution in [0.25, 0.3) is 21.3 Å². The van der Waals surface area contributed by atoms with Crippen LogP contribution in [-0.2, 0) is 6.42 Å². The first-order valence-electron chi connectivity index (χ1n) is 8.19. The summed E-state index contributed by atoms with van der Waals surface area (Å²) in [5, 5.41) is 2.46. The number of fused-ring (bicyclic) bond motifs is 1. The molecule has 26 heavy (non-hydrogen) atoms. The van der Waals surface area contributed by atoms with Crippen molar-refractivity contribution in [2.75, 3.05) is 0 Å². The third-order valence-corrected chi connectivity index (χ3v) is 6.16. The SMILES string of the molecule is Cc1ccc(-c2c(C)sc3nc(CC(=O)c4cccs4)[nH]c(=O)c23)cc1. The monoisotopic (exact) mass is 380 g/mol. The number of nitrogens with zero attached hydrogens (tertiary/aromatic N) is 1. The van der Waals surface area contributed by atoms with E-state index >= 15 is 0 Å². The zero-order valence-corrected chi connectivity index (χ0v) is 16.0. The number of Topliss-reactive ketones (excluding diaryl/α,β-unsaturated/α-hetero) is 1. The molecule has 0 atom stereocenters. The highest BCUT2D eigenvalue weighted by atomic mass is 32.1. The number of ketones is 1. The smallest absolute Gasteiger partial charge is 0.260 e. The van der Waals surface area contributed by atoms with Gasteiger partial charge in [-0.3, -0.25) is 9.59 Å². The Balaban J connectivity index is 1.78. The Morgan fingerprint density at radius 3 is 2.62 bits per heavy atom. The first-order chi connectivity index (χ1) is 12.5. The van der Waals surface area contributed by atoms with Crippen molar-refractivity contribution in [3.05, 3.63) is 73.3 Å². The largest absolute Gasteiger partial charge is 0.310 e. The summed E-state index contributed by atoms with van der Waals surface area (Å²) < 4.78 is 0. The molecule has 0 radical (unpaired) electrons. The standard InChI is InChI=1S/C20H16N2O2S2/c1-11-5-7-13(8-6-11)17-12(2)26-20-18(17)19(24)21-16(22-20)10-14(23)15-4-3-9-25-15/h3-9H,10H2,1-2H3,(H,21,22,24). The van der Waals surface area contributed by atoms with Gasteiger partial charge in [-0.2, -0.15) is 0 Å². The Hall–Kier alpha value is -2.57. The van der Waals surface area contributed by atoms with Crippen LogP contribution in [0.15, 0.2) is 46.6 Å². The molecule has 0 aliphatic heterocycles. The third-order valence-electron chi connectivity index (χ3n) is 4.25. The molecule has 1 N–H and O–H groups in total. The van der Waals surface area contributed by atoms with Crippen LogP contribution in [0.1, 0.15) is 25.9 Å². The van der Waals surface area contributed by atoms with Crippen LogP contribution in [0, 0.1) is 13.8 Å². The molecule has 0 unspecified atom stereocenters. The van der Waals surface area contributed by atoms with Gasteiger partial charge in [-0.1, -0.05) is 35.9 Å². The van der Waals surface area contributed by atoms with Crippen molar-refractivity contribution in [2.45, 2.75) is 20.3 Å². The zero-order valence-electron chi connectivity index (χ0n) is 14.3. The van der Waals surface area contributed by atoms with Crippen molar-refractivity contribution >= 4 is 38.7 Å². The minimum absolute atomic E-state index is 0.0328. The van der Waals surface area contributed by atoms with E-state index in [-0.39, 0.29) is 17.8 Å². The summed E-state index contributed by atoms with van der Waals surface area (Å²) in [5.41, 5.74) is 2.92. The number of rotatable bonds is 4. The van der Waals surface area contributed by atoms with Crippen LogP contribution in [-0.4, -0.2) is 15.8 Å². The number of carbonyl (C=O) groups is 1. The molecule has 6 heteroatoms. The molecule has 130 valence electrons. The molecular weight excluding hydrogens is 364 g/mol. The summed E-state index contributed by atoms with van der Waals surface area (Å²) >= 11 is 2.89. The minimum atomic E-state index is -0.191. The van der Waals surface area contributed by atoms with Gasteiger partial charge in [0, 0.05) is 10.4 Å². The van der Waals surface area contributed by atoms with Crippen molar-refractivity contribution in [1.29, 1.82) is 0 Å². The highest BCUT2D eigenvalue weighted by molar-refractivity contribution is 7.19. The van der Waals surface area contributed by atoms with Gasteiger partial charge in [0.05, 0.1) is 16.7 Å². The number of hydrogen-bond acceptors (Lipinski definition) is 5. The average Bonchev–Trinajstić information content (AvgIpc) is 3.23. The minimum Gasteiger partial charge on any atom is -0.310 e. The van der Waals surface area contributed by atoms with E-state index in [1.54, 1.807) is 6.07 Å². The van der Waals surface area contributed by atoms with Crippen LogP contribution < -0.4 is 5.56 Å². The van der Waals surface area contributed by atoms with Crippen LogP contribution in [0.3, 0.4) is 0 Å². The van der Waals surface area contributed by atoms with Gasteiger partial charge < -0.3 is 4.98 Å². The number of carbonyl (C=O) groups excluding carboxylic acids is 1. The predicted molar refractivity (Wildman–Crippen MR) is 108 cm³/mol. The molecule has 0 amide bonds. The van der Waals surface area contributed by atoms with Gasteiger partial charge in [-0.25, -0.2) is 4.98 Å². The lowest BCUT2D eigenvalue weighted by Crippen LogP contribution is -2.14. The van der Waals surface area contributed by atoms with E-state index in [4.69, 9.17) is 0 Å². The first kappa shape index (κ1) is 16.9. The van der Waals surface area contributed by atoms with Crippen LogP contribution >= 0.6 is 22.7 Å². The topological polar surface area (TPSA) is 62.8 Å². The summed E-state index contributed by atoms with van der Waals surface area (Å²) in [6.07, 6.45) is 0.0997. The Labute approximate surface area is 158 Å². The van der Waals surface area contributed by atoms with Crippen molar-refractivity contribution < 1.29 is 4.79 Å². The van der Waals surface area contributed by atoms with E-state index < -0.39 is 0 Å². The molecule has 0 spiro atoms. The lowest BCUT2D eigenvalue weighted by atomic mass is 10.0. The van der Waals surface area contributed by atoms with Crippen LogP contribution in [0.5, 0.6) is 0 Å². The van der Waals surface area contributed by atoms with E-state index in [2.05, 4.69) is 9.97 Å². The average molecular weight is 380 g/mol. The Kier molecular flexibility index (Phi) is 4.30. The predicted octanol–water partition coefficient (Wildman–Crippen LogP) is 4.76. The van der Waals surface area contributed by atoms with E-state index in [0.717, 1.165) is 16.0 Å². The normalized spacial score (nSPS) is 11.2. The molecule has 1 aromatic carbocycles. The Morgan fingerprint density at radius 1 is 1.15 bits per heavy atom. The lowest BCUT2D eigenvalue weighted by molar-refractivity contribution is 0.0994. The van der Waals surface area contributed by atoms with Gasteiger partial charge in [0.1, 0.15) is 10.7 Å². The molecule has 0 aliphatic rings. The van der Waals surface area contributed by atoms with Gasteiger partial charge in [0.25, 0.3) is 5.56 Å². The fraction of sp³-hybridized carbons (Fsp3) is 0.150. The first-order valence-corrected chi connectivity index (χ1v) is 9.88. The van der Waals surface area contributed by atoms with Crippen molar-refractivity contribution in [3.8, 4) is 11.1 Å². The maximum Gasteiger partial charge on any atom is 0.260 e. The summed E-state index contributed by atoms with van der Waals surface area (Å²) in [4.78, 5) is 34.8. The fourth-order valence-electron chi connectivity index (χ4n) is 2.99. The number of benzene rings is 1. The lowest BCUT2D eigenvalue weighted by Gasteiger charge is -2.03. The zero-order chi connectivity index (χ0) is 18.3. The number of thiophene rings is 2. The number of H-pyrrole nitrogens is 1. The summed E-state index contributed by atoms with van der Waals surface area (Å²) in [6, 6.07) is 11.7. The number of aromatic nitrogens is 2. The molecular formula is C20H16N2O2S2. The van der Waals surface area contributed by atoms with E-state index in [1.165, 1.54) is 28.2 Å². The third kappa shape index (κ3) is 3.02. The summed E-state index contributed by atoms with van der Waals surface area (Å²) in [6.45, 7) is 4.03. The maximum absolute atomic E-state index is 12.7. The number of hydrogen-bond donors (Lipinski definition) is 1. The quantitative estimate of drug-likeness (QED) is 0.520. The van der Waals surface area contributed by atoms with E-state index in [9.17, 15) is 9.59 Å². The number of nitrogens with one attached hydrogen (secondary N) is 1. The Bertz CT molecular complexity index is 1150. The molecule has 4 nitrogen and oxygen atoms in total. The van der Waals surface area contributed by atoms with Gasteiger partial charge in [0.15, 0.2) is 5.78 Å². The highest BCUT2D eigenvalue weighted by Gasteiger charge is 2.18. The molecule has 0 saturated carbocycles. The number of aromatic amines is 1. The van der Waals surface area contributed by atoms with E-state index in [0.29, 0.717) is 20.9 Å². The Morgan fingerprint density at radius 2 is 1.92 bits per heavy atom. The molecule has 0 fully saturated rings. The second-order valence-electron chi connectivity index (χ2n) is 6.17. The van der Waals surface area contributed by atoms with Gasteiger partial charge in [-0.15, -0.1) is 22.7 Å². The second-order valence-corrected chi connectivity index (χ2v) is 8.32. The summed E-state index contributed by atoms with van der Waals surface area (Å²) in [7, 11) is 0. The second kappa shape index (κ2) is 6.63. The molecule has 3 aromatic heterocycles.